The molecule has 4 nitrogen and oxygen atoms in total. The van der Waals surface area contributed by atoms with E-state index < -0.39 is 12.0 Å². The largest absolute Gasteiger partial charge is 0.464 e. The number of carbonyl (C=O) groups is 2. The quantitative estimate of drug-likeness (QED) is 0.487. The molecular formula is C6H12ClNO3. The third-order valence-electron chi connectivity index (χ3n) is 0.979. The molecule has 0 aliphatic rings. The zero-order valence-electron chi connectivity index (χ0n) is 6.49. The van der Waals surface area contributed by atoms with E-state index in [1.165, 1.54) is 6.92 Å². The van der Waals surface area contributed by atoms with Gasteiger partial charge in [0.25, 0.3) is 0 Å². The highest BCUT2D eigenvalue weighted by Gasteiger charge is 2.18. The Kier molecular flexibility index (Phi) is 7.24. The van der Waals surface area contributed by atoms with Gasteiger partial charge in [-0.25, -0.2) is 4.79 Å². The zero-order valence-corrected chi connectivity index (χ0v) is 7.31. The molecule has 0 aromatic rings. The molecule has 0 aliphatic carbocycles. The fraction of sp³-hybridized carbons (Fsp3) is 0.667. The van der Waals surface area contributed by atoms with Gasteiger partial charge in [0.1, 0.15) is 0 Å². The van der Waals surface area contributed by atoms with Crippen LogP contribution in [0.1, 0.15) is 13.8 Å². The first-order chi connectivity index (χ1) is 4.59. The van der Waals surface area contributed by atoms with E-state index in [0.29, 0.717) is 0 Å². The second kappa shape index (κ2) is 6.12. The predicted octanol–water partition coefficient (Wildman–Crippen LogP) is -0.112. The van der Waals surface area contributed by atoms with E-state index in [2.05, 4.69) is 4.74 Å². The molecule has 0 aromatic carbocycles. The van der Waals surface area contributed by atoms with Crippen LogP contribution in [0.5, 0.6) is 0 Å². The van der Waals surface area contributed by atoms with Crippen LogP contribution < -0.4 is 5.73 Å². The Morgan fingerprint density at radius 2 is 2.00 bits per heavy atom. The van der Waals surface area contributed by atoms with Crippen LogP contribution in [0.2, 0.25) is 0 Å². The Hall–Kier alpha value is -0.610. The molecule has 0 unspecified atom stereocenters. The van der Waals surface area contributed by atoms with Crippen LogP contribution in [0.25, 0.3) is 0 Å². The average Bonchev–Trinajstić information content (AvgIpc) is 1.87. The van der Waals surface area contributed by atoms with E-state index in [4.69, 9.17) is 5.73 Å². The highest BCUT2D eigenvalue weighted by Crippen LogP contribution is 1.86. The second-order valence-electron chi connectivity index (χ2n) is 1.84. The lowest BCUT2D eigenvalue weighted by Crippen LogP contribution is -2.38. The third-order valence-corrected chi connectivity index (χ3v) is 0.979. The van der Waals surface area contributed by atoms with Crippen molar-refractivity contribution in [1.29, 1.82) is 0 Å². The zero-order chi connectivity index (χ0) is 8.15. The minimum absolute atomic E-state index is 0. The van der Waals surface area contributed by atoms with Crippen LogP contribution in [0.15, 0.2) is 0 Å². The number of hydrogen-bond acceptors (Lipinski definition) is 4. The molecule has 66 valence electrons. The lowest BCUT2D eigenvalue weighted by atomic mass is 10.2. The summed E-state index contributed by atoms with van der Waals surface area (Å²) < 4.78 is 4.48. The van der Waals surface area contributed by atoms with Gasteiger partial charge in [-0.15, -0.1) is 12.4 Å². The van der Waals surface area contributed by atoms with Crippen LogP contribution in [0.4, 0.5) is 0 Å². The maximum atomic E-state index is 10.6. The number of ketones is 1. The predicted molar refractivity (Wildman–Crippen MR) is 42.5 cm³/mol. The summed E-state index contributed by atoms with van der Waals surface area (Å²) in [6, 6.07) is -1.11. The van der Waals surface area contributed by atoms with Crippen LogP contribution in [-0.4, -0.2) is 24.4 Å². The van der Waals surface area contributed by atoms with E-state index in [9.17, 15) is 9.59 Å². The average molecular weight is 182 g/mol. The topological polar surface area (TPSA) is 69.4 Å². The van der Waals surface area contributed by atoms with Crippen molar-refractivity contribution in [2.45, 2.75) is 19.9 Å². The second-order valence-corrected chi connectivity index (χ2v) is 1.84. The molecule has 1 atom stereocenters. The maximum Gasteiger partial charge on any atom is 0.330 e. The summed E-state index contributed by atoms with van der Waals surface area (Å²) in [5, 5.41) is 0. The lowest BCUT2D eigenvalue weighted by Gasteiger charge is -2.05. The van der Waals surface area contributed by atoms with Crippen LogP contribution in [-0.2, 0) is 14.3 Å². The molecule has 0 aliphatic heterocycles. The fourth-order valence-corrected chi connectivity index (χ4v) is 0.398. The Morgan fingerprint density at radius 3 is 2.27 bits per heavy atom. The molecule has 0 amide bonds. The molecule has 0 aromatic heterocycles. The SMILES string of the molecule is CCOC(=O)[C@@H](N)C(C)=O.Cl. The molecule has 2 N–H and O–H groups in total. The summed E-state index contributed by atoms with van der Waals surface area (Å²) in [4.78, 5) is 21.1. The van der Waals surface area contributed by atoms with Crippen molar-refractivity contribution < 1.29 is 14.3 Å². The molecular weight excluding hydrogens is 170 g/mol. The molecule has 0 heterocycles. The monoisotopic (exact) mass is 181 g/mol. The summed E-state index contributed by atoms with van der Waals surface area (Å²) >= 11 is 0. The maximum absolute atomic E-state index is 10.6. The number of esters is 1. The van der Waals surface area contributed by atoms with Crippen molar-refractivity contribution in [2.24, 2.45) is 5.73 Å². The standard InChI is InChI=1S/C6H11NO3.ClH/c1-3-10-6(9)5(7)4(2)8;/h5H,3,7H2,1-2H3;1H/t5-;/m0./s1. The first-order valence-electron chi connectivity index (χ1n) is 3.02. The van der Waals surface area contributed by atoms with Gasteiger partial charge >= 0.3 is 5.97 Å². The van der Waals surface area contributed by atoms with E-state index in [0.717, 1.165) is 0 Å². The Morgan fingerprint density at radius 1 is 1.55 bits per heavy atom. The van der Waals surface area contributed by atoms with Gasteiger partial charge in [-0.05, 0) is 13.8 Å². The van der Waals surface area contributed by atoms with Crippen molar-refractivity contribution in [3.63, 3.8) is 0 Å². The molecule has 0 spiro atoms. The lowest BCUT2D eigenvalue weighted by molar-refractivity contribution is -0.147. The van der Waals surface area contributed by atoms with Gasteiger partial charge in [0, 0.05) is 0 Å². The summed E-state index contributed by atoms with van der Waals surface area (Å²) in [6.45, 7) is 3.16. The molecule has 0 rings (SSSR count). The first kappa shape index (κ1) is 13.0. The molecule has 0 radical (unpaired) electrons. The van der Waals surface area contributed by atoms with Crippen LogP contribution >= 0.6 is 12.4 Å². The number of rotatable bonds is 3. The molecule has 0 fully saturated rings. The smallest absolute Gasteiger partial charge is 0.330 e. The van der Waals surface area contributed by atoms with Crippen molar-refractivity contribution >= 4 is 24.2 Å². The summed E-state index contributed by atoms with van der Waals surface area (Å²) in [5.74, 6) is -1.03. The number of nitrogens with two attached hydrogens (primary N) is 1. The van der Waals surface area contributed by atoms with E-state index in [1.54, 1.807) is 6.92 Å². The number of hydrogen-bond donors (Lipinski definition) is 1. The van der Waals surface area contributed by atoms with E-state index in [1.807, 2.05) is 0 Å². The van der Waals surface area contributed by atoms with E-state index in [-0.39, 0.29) is 24.8 Å². The Balaban J connectivity index is 0. The van der Waals surface area contributed by atoms with E-state index >= 15 is 0 Å². The van der Waals surface area contributed by atoms with Gasteiger partial charge in [0.15, 0.2) is 11.8 Å². The third kappa shape index (κ3) is 4.75. The number of halogens is 1. The van der Waals surface area contributed by atoms with Crippen molar-refractivity contribution in [1.82, 2.24) is 0 Å². The van der Waals surface area contributed by atoms with Gasteiger partial charge in [-0.1, -0.05) is 0 Å². The number of Topliss-reactive ketones (excluding diaryl/α,β-unsaturated/α-hetero) is 1. The van der Waals surface area contributed by atoms with Gasteiger partial charge in [0.05, 0.1) is 6.61 Å². The Bertz CT molecular complexity index is 149. The van der Waals surface area contributed by atoms with Crippen molar-refractivity contribution in [3.8, 4) is 0 Å². The Labute approximate surface area is 71.5 Å². The van der Waals surface area contributed by atoms with Crippen molar-refractivity contribution in [3.05, 3.63) is 0 Å². The number of ether oxygens (including phenoxy) is 1. The highest BCUT2D eigenvalue weighted by atomic mass is 35.5. The minimum Gasteiger partial charge on any atom is -0.464 e. The number of carbonyl (C=O) groups excluding carboxylic acids is 2. The fourth-order valence-electron chi connectivity index (χ4n) is 0.398. The minimum atomic E-state index is -1.11. The molecule has 0 bridgehead atoms. The first-order valence-corrected chi connectivity index (χ1v) is 3.02. The van der Waals surface area contributed by atoms with Gasteiger partial charge in [-0.2, -0.15) is 0 Å². The van der Waals surface area contributed by atoms with Crippen LogP contribution in [0, 0.1) is 0 Å². The molecule has 11 heavy (non-hydrogen) atoms. The van der Waals surface area contributed by atoms with Gasteiger partial charge in [0.2, 0.25) is 0 Å². The van der Waals surface area contributed by atoms with Crippen molar-refractivity contribution in [2.75, 3.05) is 6.61 Å². The summed E-state index contributed by atoms with van der Waals surface area (Å²) in [5.41, 5.74) is 5.12. The van der Waals surface area contributed by atoms with Gasteiger partial charge in [-0.3, -0.25) is 4.79 Å². The van der Waals surface area contributed by atoms with Gasteiger partial charge < -0.3 is 10.5 Å². The summed E-state index contributed by atoms with van der Waals surface area (Å²) in [6.07, 6.45) is 0. The normalized spacial score (nSPS) is 11.2. The molecule has 0 saturated heterocycles. The summed E-state index contributed by atoms with van der Waals surface area (Å²) in [7, 11) is 0. The van der Waals surface area contributed by atoms with Crippen LogP contribution in [0.3, 0.4) is 0 Å². The molecule has 0 saturated carbocycles. The molecule has 5 heteroatoms. The highest BCUT2D eigenvalue weighted by molar-refractivity contribution is 6.01.